The number of hydrogen-bond donors (Lipinski definition) is 1. The minimum Gasteiger partial charge on any atom is -0.458 e. The van der Waals surface area contributed by atoms with Gasteiger partial charge in [-0.3, -0.25) is 0 Å². The van der Waals surface area contributed by atoms with Crippen LogP contribution in [0.15, 0.2) is 23.8 Å². The first-order chi connectivity index (χ1) is 10.6. The highest BCUT2D eigenvalue weighted by molar-refractivity contribution is 5.87. The Bertz CT molecular complexity index is 588. The van der Waals surface area contributed by atoms with Gasteiger partial charge in [0.15, 0.2) is 0 Å². The van der Waals surface area contributed by atoms with Gasteiger partial charge in [0, 0.05) is 21.8 Å². The Morgan fingerprint density at radius 2 is 1.96 bits per heavy atom. The molecule has 2 fully saturated rings. The van der Waals surface area contributed by atoms with E-state index >= 15 is 0 Å². The molecule has 23 heavy (non-hydrogen) atoms. The minimum atomic E-state index is -0.559. The fourth-order valence-corrected chi connectivity index (χ4v) is 6.23. The van der Waals surface area contributed by atoms with E-state index in [4.69, 9.17) is 4.74 Å². The standard InChI is InChI=1S/C20H30O3/c1-7-12(2)16(22)23-17-18(4,5)14-9-8-13(3)20(14)11-10-15(21)19(17,20)6/h7,10-11,13-15,17,21H,8-9H2,1-6H3/b12-7-/t13-,14+,15+,17+,19+,20+/m1/s1. The van der Waals surface area contributed by atoms with Crippen molar-refractivity contribution in [3.05, 3.63) is 23.8 Å². The van der Waals surface area contributed by atoms with Crippen molar-refractivity contribution in [2.45, 2.75) is 66.6 Å². The Balaban J connectivity index is 2.09. The SMILES string of the molecule is C/C=C(/C)C(=O)O[C@H]1C(C)(C)[C@@H]2CC[C@@H](C)[C@@]23C=C[C@H](O)[C@@]13C. The number of rotatable bonds is 2. The maximum atomic E-state index is 12.5. The van der Waals surface area contributed by atoms with E-state index in [1.807, 2.05) is 13.0 Å². The van der Waals surface area contributed by atoms with Crippen LogP contribution in [0, 0.1) is 28.1 Å². The average molecular weight is 318 g/mol. The highest BCUT2D eigenvalue weighted by Gasteiger charge is 2.76. The normalized spacial score (nSPS) is 47.5. The third kappa shape index (κ3) is 1.77. The van der Waals surface area contributed by atoms with Gasteiger partial charge >= 0.3 is 5.97 Å². The third-order valence-electron chi connectivity index (χ3n) is 7.48. The molecule has 0 bridgehead atoms. The molecule has 128 valence electrons. The molecule has 0 aliphatic heterocycles. The molecule has 2 saturated carbocycles. The van der Waals surface area contributed by atoms with Gasteiger partial charge in [-0.2, -0.15) is 0 Å². The number of aliphatic hydroxyl groups excluding tert-OH is 1. The molecule has 0 aromatic rings. The minimum absolute atomic E-state index is 0.0648. The van der Waals surface area contributed by atoms with Crippen LogP contribution >= 0.6 is 0 Å². The van der Waals surface area contributed by atoms with Crippen LogP contribution in [0.4, 0.5) is 0 Å². The van der Waals surface area contributed by atoms with Crippen molar-refractivity contribution < 1.29 is 14.6 Å². The van der Waals surface area contributed by atoms with Crippen LogP contribution in [0.2, 0.25) is 0 Å². The second kappa shape index (κ2) is 4.95. The first kappa shape index (κ1) is 16.8. The lowest BCUT2D eigenvalue weighted by molar-refractivity contribution is -0.165. The summed E-state index contributed by atoms with van der Waals surface area (Å²) in [5, 5.41) is 10.8. The van der Waals surface area contributed by atoms with Crippen molar-refractivity contribution >= 4 is 5.97 Å². The van der Waals surface area contributed by atoms with Gasteiger partial charge in [0.25, 0.3) is 0 Å². The molecule has 0 amide bonds. The summed E-state index contributed by atoms with van der Waals surface area (Å²) in [6.07, 6.45) is 7.44. The van der Waals surface area contributed by atoms with Gasteiger partial charge in [-0.1, -0.05) is 45.9 Å². The average Bonchev–Trinajstić information content (AvgIpc) is 3.02. The van der Waals surface area contributed by atoms with Crippen molar-refractivity contribution in [2.75, 3.05) is 0 Å². The van der Waals surface area contributed by atoms with E-state index in [1.165, 1.54) is 6.42 Å². The van der Waals surface area contributed by atoms with E-state index in [-0.39, 0.29) is 22.9 Å². The monoisotopic (exact) mass is 318 g/mol. The van der Waals surface area contributed by atoms with E-state index < -0.39 is 11.5 Å². The first-order valence-electron chi connectivity index (χ1n) is 8.85. The fourth-order valence-electron chi connectivity index (χ4n) is 6.23. The van der Waals surface area contributed by atoms with Crippen LogP contribution in [0.25, 0.3) is 0 Å². The fraction of sp³-hybridized carbons (Fsp3) is 0.750. The van der Waals surface area contributed by atoms with Crippen molar-refractivity contribution in [1.29, 1.82) is 0 Å². The Hall–Kier alpha value is -1.09. The maximum Gasteiger partial charge on any atom is 0.333 e. The summed E-state index contributed by atoms with van der Waals surface area (Å²) in [6.45, 7) is 12.5. The quantitative estimate of drug-likeness (QED) is 0.477. The molecular formula is C20H30O3. The van der Waals surface area contributed by atoms with Gasteiger partial charge in [-0.15, -0.1) is 0 Å². The molecule has 0 unspecified atom stereocenters. The zero-order chi connectivity index (χ0) is 17.2. The van der Waals surface area contributed by atoms with E-state index in [2.05, 4.69) is 33.8 Å². The molecule has 0 aromatic heterocycles. The number of hydrogen-bond acceptors (Lipinski definition) is 3. The maximum absolute atomic E-state index is 12.5. The Morgan fingerprint density at radius 3 is 2.57 bits per heavy atom. The molecule has 6 atom stereocenters. The van der Waals surface area contributed by atoms with Crippen LogP contribution in [0.3, 0.4) is 0 Å². The molecule has 3 aliphatic rings. The lowest BCUT2D eigenvalue weighted by Gasteiger charge is -2.45. The predicted molar refractivity (Wildman–Crippen MR) is 90.7 cm³/mol. The summed E-state index contributed by atoms with van der Waals surface area (Å²) in [4.78, 5) is 12.5. The molecule has 0 heterocycles. The molecule has 1 spiro atoms. The number of esters is 1. The Kier molecular flexibility index (Phi) is 3.61. The number of carbonyl (C=O) groups excluding carboxylic acids is 1. The lowest BCUT2D eigenvalue weighted by Crippen LogP contribution is -2.50. The molecule has 3 heteroatoms. The highest BCUT2D eigenvalue weighted by Crippen LogP contribution is 2.76. The largest absolute Gasteiger partial charge is 0.458 e. The second-order valence-corrected chi connectivity index (χ2v) is 8.63. The van der Waals surface area contributed by atoms with Crippen LogP contribution in [0.1, 0.15) is 54.4 Å². The summed E-state index contributed by atoms with van der Waals surface area (Å²) < 4.78 is 6.04. The third-order valence-corrected chi connectivity index (χ3v) is 7.48. The second-order valence-electron chi connectivity index (χ2n) is 8.63. The van der Waals surface area contributed by atoms with Crippen LogP contribution < -0.4 is 0 Å². The van der Waals surface area contributed by atoms with Gasteiger partial charge in [-0.25, -0.2) is 4.79 Å². The van der Waals surface area contributed by atoms with E-state index in [1.54, 1.807) is 13.0 Å². The van der Waals surface area contributed by atoms with Crippen LogP contribution in [0.5, 0.6) is 0 Å². The van der Waals surface area contributed by atoms with Crippen LogP contribution in [-0.4, -0.2) is 23.3 Å². The molecule has 0 saturated heterocycles. The number of ether oxygens (including phenoxy) is 1. The molecule has 3 aliphatic carbocycles. The van der Waals surface area contributed by atoms with Crippen molar-refractivity contribution in [2.24, 2.45) is 28.1 Å². The van der Waals surface area contributed by atoms with Crippen molar-refractivity contribution in [3.8, 4) is 0 Å². The molecule has 3 nitrogen and oxygen atoms in total. The zero-order valence-electron chi connectivity index (χ0n) is 15.2. The highest BCUT2D eigenvalue weighted by atomic mass is 16.5. The summed E-state index contributed by atoms with van der Waals surface area (Å²) in [6, 6.07) is 0. The van der Waals surface area contributed by atoms with Gasteiger partial charge in [0.1, 0.15) is 6.10 Å². The molecule has 0 aromatic carbocycles. The smallest absolute Gasteiger partial charge is 0.333 e. The van der Waals surface area contributed by atoms with Gasteiger partial charge in [0.2, 0.25) is 0 Å². The van der Waals surface area contributed by atoms with E-state index in [0.717, 1.165) is 6.42 Å². The summed E-state index contributed by atoms with van der Waals surface area (Å²) in [5.41, 5.74) is -0.0237. The van der Waals surface area contributed by atoms with Gasteiger partial charge in [-0.05, 0) is 38.5 Å². The number of carbonyl (C=O) groups is 1. The lowest BCUT2D eigenvalue weighted by atomic mass is 9.61. The number of aliphatic hydroxyl groups is 1. The molecule has 0 radical (unpaired) electrons. The van der Waals surface area contributed by atoms with Gasteiger partial charge < -0.3 is 9.84 Å². The van der Waals surface area contributed by atoms with Crippen molar-refractivity contribution in [3.63, 3.8) is 0 Å². The summed E-state index contributed by atoms with van der Waals surface area (Å²) in [5.74, 6) is 0.678. The predicted octanol–water partition coefficient (Wildman–Crippen LogP) is 3.87. The Labute approximate surface area is 139 Å². The first-order valence-corrected chi connectivity index (χ1v) is 8.85. The molecule has 1 N–H and O–H groups in total. The zero-order valence-corrected chi connectivity index (χ0v) is 15.2. The Morgan fingerprint density at radius 1 is 1.30 bits per heavy atom. The molecular weight excluding hydrogens is 288 g/mol. The molecule has 3 rings (SSSR count). The van der Waals surface area contributed by atoms with E-state index in [0.29, 0.717) is 17.4 Å². The topological polar surface area (TPSA) is 46.5 Å². The number of allylic oxidation sites excluding steroid dienone is 2. The van der Waals surface area contributed by atoms with Crippen molar-refractivity contribution in [1.82, 2.24) is 0 Å². The van der Waals surface area contributed by atoms with Crippen LogP contribution in [-0.2, 0) is 9.53 Å². The van der Waals surface area contributed by atoms with E-state index in [9.17, 15) is 9.90 Å². The summed E-state index contributed by atoms with van der Waals surface area (Å²) >= 11 is 0. The van der Waals surface area contributed by atoms with Gasteiger partial charge in [0.05, 0.1) is 6.10 Å². The summed E-state index contributed by atoms with van der Waals surface area (Å²) in [7, 11) is 0.